The van der Waals surface area contributed by atoms with Gasteiger partial charge in [0.05, 0.1) is 0 Å². The first-order chi connectivity index (χ1) is 6.72. The van der Waals surface area contributed by atoms with Crippen LogP contribution in [0, 0.1) is 0 Å². The number of hydrogen-bond donors (Lipinski definition) is 0. The summed E-state index contributed by atoms with van der Waals surface area (Å²) in [6.45, 7) is 2.10. The monoisotopic (exact) mass is 206 g/mol. The number of aliphatic imine (C=N–C) groups is 1. The molecule has 2 aliphatic rings. The maximum absolute atomic E-state index is 4.62. The zero-order chi connectivity index (χ0) is 10.1. The summed E-state index contributed by atoms with van der Waals surface area (Å²) in [5.74, 6) is 0. The van der Waals surface area contributed by atoms with E-state index in [0.29, 0.717) is 0 Å². The average molecular weight is 206 g/mol. The Balaban J connectivity index is 2.35. The molecule has 0 aromatic heterocycles. The van der Waals surface area contributed by atoms with Crippen molar-refractivity contribution in [1.29, 1.82) is 0 Å². The van der Waals surface area contributed by atoms with E-state index in [-0.39, 0.29) is 6.04 Å². The maximum Gasteiger partial charge on any atom is 0.163 e. The predicted octanol–water partition coefficient (Wildman–Crippen LogP) is 2.42. The van der Waals surface area contributed by atoms with Crippen molar-refractivity contribution in [2.45, 2.75) is 13.0 Å². The highest BCUT2D eigenvalue weighted by Crippen LogP contribution is 2.27. The van der Waals surface area contributed by atoms with E-state index in [1.54, 1.807) is 11.8 Å². The van der Waals surface area contributed by atoms with Crippen LogP contribution in [-0.4, -0.2) is 29.4 Å². The SMILES string of the molecule is CSC1=NC2C=CC(C)=CC=C2N1C. The summed E-state index contributed by atoms with van der Waals surface area (Å²) >= 11 is 1.69. The zero-order valence-electron chi connectivity index (χ0n) is 8.69. The third kappa shape index (κ3) is 1.52. The van der Waals surface area contributed by atoms with Gasteiger partial charge in [-0.25, -0.2) is 4.99 Å². The van der Waals surface area contributed by atoms with E-state index < -0.39 is 0 Å². The molecule has 0 fully saturated rings. The lowest BCUT2D eigenvalue weighted by atomic mass is 10.2. The lowest BCUT2D eigenvalue weighted by Crippen LogP contribution is -2.19. The molecule has 0 N–H and O–H groups in total. The molecule has 0 saturated carbocycles. The molecule has 1 atom stereocenters. The molecular weight excluding hydrogens is 192 g/mol. The summed E-state index contributed by atoms with van der Waals surface area (Å²) in [5, 5.41) is 1.10. The first-order valence-electron chi connectivity index (χ1n) is 4.64. The quantitative estimate of drug-likeness (QED) is 0.605. The number of allylic oxidation sites excluding steroid dienone is 4. The normalized spacial score (nSPS) is 25.2. The second-order valence-electron chi connectivity index (χ2n) is 3.48. The van der Waals surface area contributed by atoms with Crippen LogP contribution in [0.25, 0.3) is 0 Å². The topological polar surface area (TPSA) is 15.6 Å². The van der Waals surface area contributed by atoms with Crippen molar-refractivity contribution in [2.75, 3.05) is 13.3 Å². The summed E-state index contributed by atoms with van der Waals surface area (Å²) in [6.07, 6.45) is 10.7. The first-order valence-corrected chi connectivity index (χ1v) is 5.87. The molecular formula is C11H14N2S. The molecule has 0 spiro atoms. The molecule has 3 heteroatoms. The largest absolute Gasteiger partial charge is 0.326 e. The highest BCUT2D eigenvalue weighted by molar-refractivity contribution is 8.13. The third-order valence-electron chi connectivity index (χ3n) is 2.47. The van der Waals surface area contributed by atoms with Crippen LogP contribution >= 0.6 is 11.8 Å². The molecule has 0 amide bonds. The van der Waals surface area contributed by atoms with Gasteiger partial charge in [-0.1, -0.05) is 35.6 Å². The lowest BCUT2D eigenvalue weighted by molar-refractivity contribution is 0.639. The van der Waals surface area contributed by atoms with Crippen LogP contribution in [-0.2, 0) is 0 Å². The molecule has 74 valence electrons. The van der Waals surface area contributed by atoms with Crippen molar-refractivity contribution in [2.24, 2.45) is 4.99 Å². The Morgan fingerprint density at radius 1 is 1.43 bits per heavy atom. The number of thioether (sulfide) groups is 1. The molecule has 0 radical (unpaired) electrons. The zero-order valence-corrected chi connectivity index (χ0v) is 9.51. The third-order valence-corrected chi connectivity index (χ3v) is 3.21. The molecule has 1 unspecified atom stereocenters. The number of hydrogen-bond acceptors (Lipinski definition) is 3. The van der Waals surface area contributed by atoms with Gasteiger partial charge in [-0.15, -0.1) is 0 Å². The van der Waals surface area contributed by atoms with Gasteiger partial charge >= 0.3 is 0 Å². The van der Waals surface area contributed by atoms with Crippen molar-refractivity contribution < 1.29 is 0 Å². The highest BCUT2D eigenvalue weighted by Gasteiger charge is 2.25. The summed E-state index contributed by atoms with van der Waals surface area (Å²) in [4.78, 5) is 6.78. The van der Waals surface area contributed by atoms with Crippen LogP contribution in [0.4, 0.5) is 0 Å². The van der Waals surface area contributed by atoms with Gasteiger partial charge in [0.25, 0.3) is 0 Å². The lowest BCUT2D eigenvalue weighted by Gasteiger charge is -2.15. The van der Waals surface area contributed by atoms with Gasteiger partial charge in [-0.2, -0.15) is 0 Å². The van der Waals surface area contributed by atoms with Gasteiger partial charge in [0.1, 0.15) is 6.04 Å². The van der Waals surface area contributed by atoms with E-state index >= 15 is 0 Å². The Kier molecular flexibility index (Phi) is 2.50. The van der Waals surface area contributed by atoms with Gasteiger partial charge in [-0.3, -0.25) is 0 Å². The number of likely N-dealkylation sites (N-methyl/N-ethyl adjacent to an activating group) is 1. The predicted molar refractivity (Wildman–Crippen MR) is 63.5 cm³/mol. The highest BCUT2D eigenvalue weighted by atomic mass is 32.2. The molecule has 1 aliphatic heterocycles. The number of fused-ring (bicyclic) bond motifs is 1. The van der Waals surface area contributed by atoms with E-state index in [9.17, 15) is 0 Å². The van der Waals surface area contributed by atoms with Gasteiger partial charge < -0.3 is 4.90 Å². The van der Waals surface area contributed by atoms with Crippen LogP contribution in [0.2, 0.25) is 0 Å². The summed E-state index contributed by atoms with van der Waals surface area (Å²) in [5.41, 5.74) is 2.55. The van der Waals surface area contributed by atoms with E-state index in [0.717, 1.165) is 5.17 Å². The fourth-order valence-corrected chi connectivity index (χ4v) is 2.24. The fraction of sp³-hybridized carbons (Fsp3) is 0.364. The molecule has 2 nitrogen and oxygen atoms in total. The van der Waals surface area contributed by atoms with Gasteiger partial charge in [0.2, 0.25) is 0 Å². The van der Waals surface area contributed by atoms with Gasteiger partial charge in [0, 0.05) is 12.7 Å². The van der Waals surface area contributed by atoms with Crippen LogP contribution in [0.5, 0.6) is 0 Å². The van der Waals surface area contributed by atoms with Crippen molar-refractivity contribution in [3.63, 3.8) is 0 Å². The fourth-order valence-electron chi connectivity index (χ4n) is 1.64. The molecule has 2 rings (SSSR count). The molecule has 0 aromatic rings. The Hall–Kier alpha value is -0.960. The van der Waals surface area contributed by atoms with Crippen molar-refractivity contribution in [3.05, 3.63) is 35.6 Å². The molecule has 1 aliphatic carbocycles. The second kappa shape index (κ2) is 3.65. The Morgan fingerprint density at radius 3 is 2.93 bits per heavy atom. The molecule has 1 heterocycles. The molecule has 0 bridgehead atoms. The Morgan fingerprint density at radius 2 is 2.21 bits per heavy atom. The van der Waals surface area contributed by atoms with E-state index in [4.69, 9.17) is 0 Å². The van der Waals surface area contributed by atoms with E-state index in [2.05, 4.69) is 54.4 Å². The minimum atomic E-state index is 0.219. The standard InChI is InChI=1S/C11H14N2S/c1-8-4-6-9-10(7-5-8)13(2)11(12-9)14-3/h4-7,9H,1-3H3. The average Bonchev–Trinajstić information content (AvgIpc) is 2.36. The maximum atomic E-state index is 4.62. The van der Waals surface area contributed by atoms with Crippen LogP contribution < -0.4 is 0 Å². The minimum absolute atomic E-state index is 0.219. The summed E-state index contributed by atoms with van der Waals surface area (Å²) in [7, 11) is 2.07. The van der Waals surface area contributed by atoms with Crippen molar-refractivity contribution in [3.8, 4) is 0 Å². The summed E-state index contributed by atoms with van der Waals surface area (Å²) in [6, 6.07) is 0.219. The van der Waals surface area contributed by atoms with Crippen molar-refractivity contribution >= 4 is 16.9 Å². The van der Waals surface area contributed by atoms with Gasteiger partial charge in [0.15, 0.2) is 5.17 Å². The second-order valence-corrected chi connectivity index (χ2v) is 4.25. The Bertz CT molecular complexity index is 363. The molecule has 0 aromatic carbocycles. The van der Waals surface area contributed by atoms with E-state index in [1.165, 1.54) is 11.3 Å². The smallest absolute Gasteiger partial charge is 0.163 e. The summed E-state index contributed by atoms with van der Waals surface area (Å²) < 4.78 is 0. The van der Waals surface area contributed by atoms with Gasteiger partial charge in [-0.05, 0) is 19.3 Å². The van der Waals surface area contributed by atoms with E-state index in [1.807, 2.05) is 0 Å². The van der Waals surface area contributed by atoms with Crippen LogP contribution in [0.15, 0.2) is 40.6 Å². The number of amidine groups is 1. The molecule has 14 heavy (non-hydrogen) atoms. The van der Waals surface area contributed by atoms with Crippen LogP contribution in [0.3, 0.4) is 0 Å². The number of rotatable bonds is 0. The minimum Gasteiger partial charge on any atom is -0.326 e. The first kappa shape index (κ1) is 9.59. The molecule has 0 saturated heterocycles. The van der Waals surface area contributed by atoms with Crippen molar-refractivity contribution in [1.82, 2.24) is 4.90 Å². The van der Waals surface area contributed by atoms with Crippen LogP contribution in [0.1, 0.15) is 6.92 Å². The Labute approximate surface area is 89.1 Å². The number of nitrogens with zero attached hydrogens (tertiary/aromatic N) is 2.